The number of likely N-dealkylation sites (tertiary alicyclic amines) is 2. The van der Waals surface area contributed by atoms with Gasteiger partial charge in [0.25, 0.3) is 0 Å². The van der Waals surface area contributed by atoms with Gasteiger partial charge in [-0.05, 0) is 62.5 Å². The SMILES string of the molecule is O=C(CC[C@@](O)(c1ccccc1)[C@@](O)(CCC(=O)N1CCCCC1)c1ccccc1)N1CCCCC1. The highest BCUT2D eigenvalue weighted by molar-refractivity contribution is 5.77. The minimum absolute atomic E-state index is 0.00357. The second-order valence-corrected chi connectivity index (χ2v) is 10.3. The smallest absolute Gasteiger partial charge is 0.222 e. The maximum absolute atomic E-state index is 13.1. The number of amides is 2. The standard InChI is InChI=1S/C30H40N2O4/c33-27(31-21-9-3-10-22-31)17-19-29(35,25-13-5-1-6-14-25)30(36,26-15-7-2-8-16-26)20-18-28(34)32-23-11-4-12-24-32/h1-2,5-8,13-16,35-36H,3-4,9-12,17-24H2/t29-,30-/m1/s1. The summed E-state index contributed by atoms with van der Waals surface area (Å²) < 4.78 is 0. The second kappa shape index (κ2) is 12.0. The van der Waals surface area contributed by atoms with Crippen LogP contribution in [0.5, 0.6) is 0 Å². The monoisotopic (exact) mass is 492 g/mol. The molecular weight excluding hydrogens is 452 g/mol. The van der Waals surface area contributed by atoms with Gasteiger partial charge in [0.1, 0.15) is 11.2 Å². The third-order valence-corrected chi connectivity index (χ3v) is 8.01. The van der Waals surface area contributed by atoms with E-state index < -0.39 is 11.2 Å². The Kier molecular flexibility index (Phi) is 8.81. The summed E-state index contributed by atoms with van der Waals surface area (Å²) in [5, 5.41) is 24.8. The lowest BCUT2D eigenvalue weighted by molar-refractivity contribution is -0.179. The molecule has 4 rings (SSSR count). The van der Waals surface area contributed by atoms with Crippen LogP contribution in [0.1, 0.15) is 75.3 Å². The van der Waals surface area contributed by atoms with E-state index in [9.17, 15) is 19.8 Å². The lowest BCUT2D eigenvalue weighted by Crippen LogP contribution is -2.51. The number of nitrogens with zero attached hydrogens (tertiary/aromatic N) is 2. The fourth-order valence-corrected chi connectivity index (χ4v) is 5.79. The Morgan fingerprint density at radius 3 is 1.25 bits per heavy atom. The summed E-state index contributed by atoms with van der Waals surface area (Å²) in [6.45, 7) is 2.98. The van der Waals surface area contributed by atoms with Crippen molar-refractivity contribution in [3.8, 4) is 0 Å². The molecule has 0 saturated carbocycles. The molecule has 0 aliphatic carbocycles. The first-order valence-electron chi connectivity index (χ1n) is 13.6. The van der Waals surface area contributed by atoms with Crippen molar-refractivity contribution in [3.63, 3.8) is 0 Å². The van der Waals surface area contributed by atoms with Gasteiger partial charge in [-0.25, -0.2) is 0 Å². The molecule has 36 heavy (non-hydrogen) atoms. The lowest BCUT2D eigenvalue weighted by Gasteiger charge is -2.45. The average Bonchev–Trinajstić information content (AvgIpc) is 2.96. The fourth-order valence-electron chi connectivity index (χ4n) is 5.79. The topological polar surface area (TPSA) is 81.1 Å². The predicted octanol–water partition coefficient (Wildman–Crippen LogP) is 4.35. The number of rotatable bonds is 9. The van der Waals surface area contributed by atoms with Crippen LogP contribution < -0.4 is 0 Å². The molecule has 2 aromatic carbocycles. The van der Waals surface area contributed by atoms with Gasteiger partial charge < -0.3 is 20.0 Å². The molecule has 2 heterocycles. The Bertz CT molecular complexity index is 905. The van der Waals surface area contributed by atoms with E-state index in [0.717, 1.165) is 64.7 Å². The summed E-state index contributed by atoms with van der Waals surface area (Å²) in [6.07, 6.45) is 6.66. The van der Waals surface area contributed by atoms with Crippen LogP contribution in [0.15, 0.2) is 60.7 Å². The van der Waals surface area contributed by atoms with Gasteiger partial charge in [0.2, 0.25) is 11.8 Å². The van der Waals surface area contributed by atoms with E-state index in [4.69, 9.17) is 0 Å². The van der Waals surface area contributed by atoms with Gasteiger partial charge in [-0.2, -0.15) is 0 Å². The molecule has 0 aromatic heterocycles. The summed E-state index contributed by atoms with van der Waals surface area (Å²) in [6, 6.07) is 18.2. The Labute approximate surface area is 214 Å². The van der Waals surface area contributed by atoms with Crippen molar-refractivity contribution in [2.45, 2.75) is 75.4 Å². The zero-order valence-electron chi connectivity index (χ0n) is 21.3. The first-order valence-corrected chi connectivity index (χ1v) is 13.6. The molecule has 2 aliphatic rings. The number of hydrogen-bond donors (Lipinski definition) is 2. The van der Waals surface area contributed by atoms with E-state index in [-0.39, 0.29) is 37.5 Å². The molecule has 6 nitrogen and oxygen atoms in total. The van der Waals surface area contributed by atoms with Gasteiger partial charge in [0.05, 0.1) is 0 Å². The summed E-state index contributed by atoms with van der Waals surface area (Å²) in [7, 11) is 0. The van der Waals surface area contributed by atoms with E-state index in [2.05, 4.69) is 0 Å². The highest BCUT2D eigenvalue weighted by atomic mass is 16.4. The molecular formula is C30H40N2O4. The molecule has 2 amide bonds. The van der Waals surface area contributed by atoms with Crippen LogP contribution in [0.25, 0.3) is 0 Å². The number of aliphatic hydroxyl groups is 2. The van der Waals surface area contributed by atoms with Crippen LogP contribution in [0.3, 0.4) is 0 Å². The van der Waals surface area contributed by atoms with E-state index in [0.29, 0.717) is 11.1 Å². The Balaban J connectivity index is 1.64. The first-order chi connectivity index (χ1) is 17.4. The van der Waals surface area contributed by atoms with Crippen LogP contribution in [-0.2, 0) is 20.8 Å². The summed E-state index contributed by atoms with van der Waals surface area (Å²) in [5.74, 6) is 0.00715. The van der Waals surface area contributed by atoms with Crippen LogP contribution in [0.2, 0.25) is 0 Å². The van der Waals surface area contributed by atoms with E-state index in [1.54, 1.807) is 24.3 Å². The second-order valence-electron chi connectivity index (χ2n) is 10.3. The van der Waals surface area contributed by atoms with Crippen LogP contribution >= 0.6 is 0 Å². The Morgan fingerprint density at radius 1 is 0.583 bits per heavy atom. The van der Waals surface area contributed by atoms with Crippen LogP contribution in [0.4, 0.5) is 0 Å². The molecule has 2 N–H and O–H groups in total. The van der Waals surface area contributed by atoms with Crippen LogP contribution in [0, 0.1) is 0 Å². The zero-order chi connectivity index (χ0) is 25.4. The molecule has 194 valence electrons. The van der Waals surface area contributed by atoms with Gasteiger partial charge in [-0.15, -0.1) is 0 Å². The van der Waals surface area contributed by atoms with Crippen LogP contribution in [-0.4, -0.2) is 58.0 Å². The minimum Gasteiger partial charge on any atom is -0.382 e. The summed E-state index contributed by atoms with van der Waals surface area (Å²) in [4.78, 5) is 29.9. The maximum Gasteiger partial charge on any atom is 0.222 e. The number of piperidine rings is 2. The number of benzene rings is 2. The average molecular weight is 493 g/mol. The van der Waals surface area contributed by atoms with Crippen molar-refractivity contribution >= 4 is 11.8 Å². The molecule has 0 radical (unpaired) electrons. The fraction of sp³-hybridized carbons (Fsp3) is 0.533. The molecule has 2 fully saturated rings. The first kappa shape index (κ1) is 26.4. The Morgan fingerprint density at radius 2 is 0.917 bits per heavy atom. The molecule has 0 spiro atoms. The third-order valence-electron chi connectivity index (χ3n) is 8.01. The number of carbonyl (C=O) groups is 2. The van der Waals surface area contributed by atoms with Crippen molar-refractivity contribution in [1.82, 2.24) is 9.80 Å². The number of hydrogen-bond acceptors (Lipinski definition) is 4. The molecule has 2 atom stereocenters. The van der Waals surface area contributed by atoms with E-state index in [1.807, 2.05) is 46.2 Å². The van der Waals surface area contributed by atoms with E-state index >= 15 is 0 Å². The van der Waals surface area contributed by atoms with Gasteiger partial charge in [-0.1, -0.05) is 60.7 Å². The number of carbonyl (C=O) groups excluding carboxylic acids is 2. The predicted molar refractivity (Wildman–Crippen MR) is 140 cm³/mol. The lowest BCUT2D eigenvalue weighted by atomic mass is 9.68. The maximum atomic E-state index is 13.1. The summed E-state index contributed by atoms with van der Waals surface area (Å²) >= 11 is 0. The van der Waals surface area contributed by atoms with E-state index in [1.165, 1.54) is 0 Å². The molecule has 0 bridgehead atoms. The Hall–Kier alpha value is -2.70. The van der Waals surface area contributed by atoms with Crippen molar-refractivity contribution < 1.29 is 19.8 Å². The zero-order valence-corrected chi connectivity index (χ0v) is 21.3. The van der Waals surface area contributed by atoms with Gasteiger partial charge >= 0.3 is 0 Å². The molecule has 2 saturated heterocycles. The highest BCUT2D eigenvalue weighted by Gasteiger charge is 2.51. The van der Waals surface area contributed by atoms with Gasteiger partial charge in [0.15, 0.2) is 0 Å². The largest absolute Gasteiger partial charge is 0.382 e. The third kappa shape index (κ3) is 5.81. The normalized spacial score (nSPS) is 19.8. The quantitative estimate of drug-likeness (QED) is 0.545. The molecule has 6 heteroatoms. The van der Waals surface area contributed by atoms with Crippen molar-refractivity contribution in [2.75, 3.05) is 26.2 Å². The highest BCUT2D eigenvalue weighted by Crippen LogP contribution is 2.47. The molecule has 2 aliphatic heterocycles. The van der Waals surface area contributed by atoms with Crippen molar-refractivity contribution in [1.29, 1.82) is 0 Å². The van der Waals surface area contributed by atoms with Gasteiger partial charge in [-0.3, -0.25) is 9.59 Å². The van der Waals surface area contributed by atoms with Crippen molar-refractivity contribution in [2.24, 2.45) is 0 Å². The molecule has 0 unspecified atom stereocenters. The summed E-state index contributed by atoms with van der Waals surface area (Å²) in [5.41, 5.74) is -2.40. The van der Waals surface area contributed by atoms with Gasteiger partial charge in [0, 0.05) is 39.0 Å². The van der Waals surface area contributed by atoms with Crippen molar-refractivity contribution in [3.05, 3.63) is 71.8 Å². The molecule has 2 aromatic rings. The minimum atomic E-state index is -1.75.